The third-order valence-corrected chi connectivity index (χ3v) is 3.80. The lowest BCUT2D eigenvalue weighted by molar-refractivity contribution is -0.122. The zero-order valence-electron chi connectivity index (χ0n) is 11.7. The SMILES string of the molecule is CNCc1ccc(N2CCC(C(N)=O)CC2)c(C#N)c1. The molecular formula is C15H20N4O. The number of nitriles is 1. The largest absolute Gasteiger partial charge is 0.370 e. The van der Waals surface area contributed by atoms with E-state index < -0.39 is 0 Å². The van der Waals surface area contributed by atoms with Gasteiger partial charge in [0, 0.05) is 25.6 Å². The highest BCUT2D eigenvalue weighted by Gasteiger charge is 2.24. The average molecular weight is 272 g/mol. The van der Waals surface area contributed by atoms with Crippen LogP contribution in [0.2, 0.25) is 0 Å². The number of nitrogens with one attached hydrogen (secondary N) is 1. The van der Waals surface area contributed by atoms with Crippen LogP contribution in [-0.4, -0.2) is 26.0 Å². The van der Waals surface area contributed by atoms with Gasteiger partial charge in [0.15, 0.2) is 0 Å². The highest BCUT2D eigenvalue weighted by atomic mass is 16.1. The minimum atomic E-state index is -0.213. The Kier molecular flexibility index (Phi) is 4.59. The standard InChI is InChI=1S/C15H20N4O/c1-18-10-11-2-3-14(13(8-11)9-16)19-6-4-12(5-7-19)15(17)20/h2-3,8,12,18H,4-7,10H2,1H3,(H2,17,20). The summed E-state index contributed by atoms with van der Waals surface area (Å²) in [4.78, 5) is 13.3. The summed E-state index contributed by atoms with van der Waals surface area (Å²) in [5, 5.41) is 12.4. The summed E-state index contributed by atoms with van der Waals surface area (Å²) in [5.41, 5.74) is 8.08. The molecule has 0 unspecified atom stereocenters. The van der Waals surface area contributed by atoms with E-state index in [-0.39, 0.29) is 11.8 Å². The second kappa shape index (κ2) is 6.40. The summed E-state index contributed by atoms with van der Waals surface area (Å²) in [6, 6.07) is 8.22. The van der Waals surface area contributed by atoms with Gasteiger partial charge >= 0.3 is 0 Å². The fourth-order valence-electron chi connectivity index (χ4n) is 2.67. The first-order chi connectivity index (χ1) is 9.65. The Morgan fingerprint density at radius 3 is 2.75 bits per heavy atom. The Labute approximate surface area is 119 Å². The van der Waals surface area contributed by atoms with Gasteiger partial charge in [-0.2, -0.15) is 5.26 Å². The van der Waals surface area contributed by atoms with Gasteiger partial charge in [-0.15, -0.1) is 0 Å². The van der Waals surface area contributed by atoms with Crippen LogP contribution >= 0.6 is 0 Å². The van der Waals surface area contributed by atoms with Gasteiger partial charge in [0.25, 0.3) is 0 Å². The lowest BCUT2D eigenvalue weighted by Gasteiger charge is -2.33. The molecule has 2 rings (SSSR count). The van der Waals surface area contributed by atoms with Crippen molar-refractivity contribution in [3.63, 3.8) is 0 Å². The first kappa shape index (κ1) is 14.4. The molecule has 1 heterocycles. The van der Waals surface area contributed by atoms with Gasteiger partial charge in [-0.3, -0.25) is 4.79 Å². The summed E-state index contributed by atoms with van der Waals surface area (Å²) in [6.45, 7) is 2.29. The molecular weight excluding hydrogens is 252 g/mol. The number of benzene rings is 1. The van der Waals surface area contributed by atoms with Crippen LogP contribution in [0.1, 0.15) is 24.0 Å². The van der Waals surface area contributed by atoms with Crippen molar-refractivity contribution in [2.45, 2.75) is 19.4 Å². The van der Waals surface area contributed by atoms with Gasteiger partial charge in [-0.1, -0.05) is 6.07 Å². The number of carbonyl (C=O) groups excluding carboxylic acids is 1. The fraction of sp³-hybridized carbons (Fsp3) is 0.467. The second-order valence-electron chi connectivity index (χ2n) is 5.16. The number of piperidine rings is 1. The Morgan fingerprint density at radius 2 is 2.20 bits per heavy atom. The topological polar surface area (TPSA) is 82.2 Å². The number of hydrogen-bond acceptors (Lipinski definition) is 4. The minimum Gasteiger partial charge on any atom is -0.370 e. The predicted molar refractivity (Wildman–Crippen MR) is 78.1 cm³/mol. The molecule has 0 aromatic heterocycles. The Bertz CT molecular complexity index is 527. The molecule has 1 aromatic rings. The maximum absolute atomic E-state index is 11.2. The molecule has 1 saturated heterocycles. The predicted octanol–water partition coefficient (Wildman–Crippen LogP) is 0.979. The van der Waals surface area contributed by atoms with E-state index in [2.05, 4.69) is 16.3 Å². The van der Waals surface area contributed by atoms with E-state index in [1.807, 2.05) is 25.2 Å². The molecule has 0 saturated carbocycles. The number of hydrogen-bond donors (Lipinski definition) is 2. The average Bonchev–Trinajstić information content (AvgIpc) is 2.47. The van der Waals surface area contributed by atoms with Crippen LogP contribution in [0.5, 0.6) is 0 Å². The second-order valence-corrected chi connectivity index (χ2v) is 5.16. The Morgan fingerprint density at radius 1 is 1.50 bits per heavy atom. The lowest BCUT2D eigenvalue weighted by Crippen LogP contribution is -2.38. The minimum absolute atomic E-state index is 0.0275. The van der Waals surface area contributed by atoms with Crippen molar-refractivity contribution in [1.82, 2.24) is 5.32 Å². The monoisotopic (exact) mass is 272 g/mol. The number of primary amides is 1. The zero-order valence-corrected chi connectivity index (χ0v) is 11.7. The summed E-state index contributed by atoms with van der Waals surface area (Å²) in [6.07, 6.45) is 1.52. The summed E-state index contributed by atoms with van der Waals surface area (Å²) >= 11 is 0. The molecule has 1 fully saturated rings. The van der Waals surface area contributed by atoms with Gasteiger partial charge in [0.1, 0.15) is 6.07 Å². The first-order valence-corrected chi connectivity index (χ1v) is 6.87. The van der Waals surface area contributed by atoms with Crippen molar-refractivity contribution in [1.29, 1.82) is 5.26 Å². The normalized spacial score (nSPS) is 15.9. The van der Waals surface area contributed by atoms with Crippen molar-refractivity contribution in [3.05, 3.63) is 29.3 Å². The molecule has 1 aromatic carbocycles. The Hall–Kier alpha value is -2.06. The molecule has 3 N–H and O–H groups in total. The maximum Gasteiger partial charge on any atom is 0.220 e. The lowest BCUT2D eigenvalue weighted by atomic mass is 9.95. The smallest absolute Gasteiger partial charge is 0.220 e. The maximum atomic E-state index is 11.2. The number of nitrogens with zero attached hydrogens (tertiary/aromatic N) is 2. The van der Waals surface area contributed by atoms with E-state index in [9.17, 15) is 10.1 Å². The van der Waals surface area contributed by atoms with Crippen LogP contribution < -0.4 is 16.0 Å². The van der Waals surface area contributed by atoms with Gasteiger partial charge in [-0.05, 0) is 37.6 Å². The van der Waals surface area contributed by atoms with Gasteiger partial charge in [0.05, 0.1) is 11.3 Å². The number of amides is 1. The highest BCUT2D eigenvalue weighted by Crippen LogP contribution is 2.26. The number of carbonyl (C=O) groups is 1. The molecule has 1 aliphatic heterocycles. The van der Waals surface area contributed by atoms with E-state index >= 15 is 0 Å². The van der Waals surface area contributed by atoms with Crippen molar-refractivity contribution in [2.24, 2.45) is 11.7 Å². The molecule has 0 atom stereocenters. The molecule has 0 bridgehead atoms. The molecule has 5 heteroatoms. The number of anilines is 1. The fourth-order valence-corrected chi connectivity index (χ4v) is 2.67. The van der Waals surface area contributed by atoms with E-state index in [0.29, 0.717) is 5.56 Å². The molecule has 106 valence electrons. The molecule has 0 radical (unpaired) electrons. The Balaban J connectivity index is 2.14. The van der Waals surface area contributed by atoms with Crippen LogP contribution in [-0.2, 0) is 11.3 Å². The summed E-state index contributed by atoms with van der Waals surface area (Å²) in [7, 11) is 1.88. The molecule has 20 heavy (non-hydrogen) atoms. The van der Waals surface area contributed by atoms with E-state index in [4.69, 9.17) is 5.73 Å². The van der Waals surface area contributed by atoms with Crippen LogP contribution in [0.25, 0.3) is 0 Å². The van der Waals surface area contributed by atoms with E-state index in [1.54, 1.807) is 0 Å². The molecule has 1 aliphatic rings. The molecule has 5 nitrogen and oxygen atoms in total. The van der Waals surface area contributed by atoms with Gasteiger partial charge < -0.3 is 16.0 Å². The van der Waals surface area contributed by atoms with Crippen molar-refractivity contribution in [3.8, 4) is 6.07 Å². The molecule has 0 spiro atoms. The van der Waals surface area contributed by atoms with Gasteiger partial charge in [0.2, 0.25) is 5.91 Å². The quantitative estimate of drug-likeness (QED) is 0.856. The summed E-state index contributed by atoms with van der Waals surface area (Å²) in [5.74, 6) is -0.241. The third kappa shape index (κ3) is 3.09. The van der Waals surface area contributed by atoms with E-state index in [1.165, 1.54) is 0 Å². The first-order valence-electron chi connectivity index (χ1n) is 6.87. The number of rotatable bonds is 4. The van der Waals surface area contributed by atoms with Crippen LogP contribution in [0, 0.1) is 17.2 Å². The summed E-state index contributed by atoms with van der Waals surface area (Å²) < 4.78 is 0. The van der Waals surface area contributed by atoms with Crippen LogP contribution in [0.4, 0.5) is 5.69 Å². The van der Waals surface area contributed by atoms with E-state index in [0.717, 1.165) is 43.7 Å². The molecule has 1 amide bonds. The zero-order chi connectivity index (χ0) is 14.5. The molecule has 0 aliphatic carbocycles. The van der Waals surface area contributed by atoms with Crippen molar-refractivity contribution < 1.29 is 4.79 Å². The highest BCUT2D eigenvalue weighted by molar-refractivity contribution is 5.77. The number of nitrogens with two attached hydrogens (primary N) is 1. The van der Waals surface area contributed by atoms with Crippen molar-refractivity contribution in [2.75, 3.05) is 25.0 Å². The third-order valence-electron chi connectivity index (χ3n) is 3.80. The van der Waals surface area contributed by atoms with Gasteiger partial charge in [-0.25, -0.2) is 0 Å². The van der Waals surface area contributed by atoms with Crippen LogP contribution in [0.15, 0.2) is 18.2 Å². The van der Waals surface area contributed by atoms with Crippen molar-refractivity contribution >= 4 is 11.6 Å². The van der Waals surface area contributed by atoms with Crippen LogP contribution in [0.3, 0.4) is 0 Å².